The van der Waals surface area contributed by atoms with Crippen molar-refractivity contribution in [2.45, 2.75) is 24.5 Å². The Hall–Kier alpha value is -1.51. The highest BCUT2D eigenvalue weighted by Gasteiger charge is 2.10. The molecule has 0 aliphatic carbocycles. The van der Waals surface area contributed by atoms with Gasteiger partial charge in [0.15, 0.2) is 0 Å². The predicted molar refractivity (Wildman–Crippen MR) is 79.4 cm³/mol. The van der Waals surface area contributed by atoms with Crippen molar-refractivity contribution in [3.05, 3.63) is 34.6 Å². The zero-order chi connectivity index (χ0) is 14.8. The maximum atomic E-state index is 11.2. The fourth-order valence-electron chi connectivity index (χ4n) is 1.77. The maximum absolute atomic E-state index is 11.2. The van der Waals surface area contributed by atoms with Gasteiger partial charge in [0.2, 0.25) is 10.0 Å². The van der Waals surface area contributed by atoms with Gasteiger partial charge in [0.25, 0.3) is 0 Å². The van der Waals surface area contributed by atoms with Gasteiger partial charge >= 0.3 is 0 Å². The van der Waals surface area contributed by atoms with Crippen LogP contribution >= 0.6 is 11.3 Å². The van der Waals surface area contributed by atoms with Gasteiger partial charge in [-0.15, -0.1) is 11.3 Å². The van der Waals surface area contributed by atoms with Crippen molar-refractivity contribution in [2.24, 2.45) is 5.14 Å². The fraction of sp³-hybridized carbons (Fsp3) is 0.333. The Morgan fingerprint density at radius 2 is 2.05 bits per heavy atom. The number of nitrogens with two attached hydrogens (primary N) is 1. The molecule has 0 atom stereocenters. The third kappa shape index (κ3) is 3.99. The average molecular weight is 312 g/mol. The Balaban J connectivity index is 1.94. The lowest BCUT2D eigenvalue weighted by Crippen LogP contribution is -2.10. The number of anilines is 1. The number of hydrogen-bond donors (Lipinski definition) is 2. The molecule has 108 valence electrons. The van der Waals surface area contributed by atoms with Crippen molar-refractivity contribution in [1.29, 1.82) is 0 Å². The number of hydrogen-bond acceptors (Lipinski definition) is 6. The van der Waals surface area contributed by atoms with Crippen LogP contribution in [0.5, 0.6) is 0 Å². The van der Waals surface area contributed by atoms with Gasteiger partial charge in [-0.25, -0.2) is 23.5 Å². The predicted octanol–water partition coefficient (Wildman–Crippen LogP) is 1.46. The SMILES string of the molecule is Cc1cc(NCCc2ccc(S(N)(=O)=O)s2)nc(C)n1. The van der Waals surface area contributed by atoms with E-state index in [0.29, 0.717) is 13.0 Å². The minimum atomic E-state index is -3.59. The minimum Gasteiger partial charge on any atom is -0.370 e. The number of primary sulfonamides is 1. The minimum absolute atomic E-state index is 0.196. The number of rotatable bonds is 5. The smallest absolute Gasteiger partial charge is 0.247 e. The second-order valence-corrected chi connectivity index (χ2v) is 7.34. The molecule has 2 rings (SSSR count). The molecule has 6 nitrogen and oxygen atoms in total. The van der Waals surface area contributed by atoms with Gasteiger partial charge in [0.05, 0.1) is 0 Å². The van der Waals surface area contributed by atoms with Crippen molar-refractivity contribution in [3.63, 3.8) is 0 Å². The molecule has 20 heavy (non-hydrogen) atoms. The lowest BCUT2D eigenvalue weighted by molar-refractivity contribution is 0.600. The highest BCUT2D eigenvalue weighted by molar-refractivity contribution is 7.91. The van der Waals surface area contributed by atoms with Crippen LogP contribution in [0.1, 0.15) is 16.4 Å². The highest BCUT2D eigenvalue weighted by Crippen LogP contribution is 2.20. The zero-order valence-electron chi connectivity index (χ0n) is 11.3. The molecule has 0 aromatic carbocycles. The Morgan fingerprint density at radius 3 is 2.65 bits per heavy atom. The summed E-state index contributed by atoms with van der Waals surface area (Å²) < 4.78 is 22.5. The first-order valence-corrected chi connectivity index (χ1v) is 8.38. The molecule has 0 amide bonds. The van der Waals surface area contributed by atoms with Crippen LogP contribution in [0, 0.1) is 13.8 Å². The van der Waals surface area contributed by atoms with E-state index in [9.17, 15) is 8.42 Å². The lowest BCUT2D eigenvalue weighted by atomic mass is 10.3. The Morgan fingerprint density at radius 1 is 1.30 bits per heavy atom. The first kappa shape index (κ1) is 14.9. The summed E-state index contributed by atoms with van der Waals surface area (Å²) in [6.07, 6.45) is 0.711. The number of nitrogens with one attached hydrogen (secondary N) is 1. The summed E-state index contributed by atoms with van der Waals surface area (Å²) in [4.78, 5) is 9.44. The molecular weight excluding hydrogens is 296 g/mol. The van der Waals surface area contributed by atoms with E-state index in [1.165, 1.54) is 17.4 Å². The van der Waals surface area contributed by atoms with Crippen LogP contribution in [0.25, 0.3) is 0 Å². The summed E-state index contributed by atoms with van der Waals surface area (Å²) in [6.45, 7) is 4.42. The van der Waals surface area contributed by atoms with Crippen molar-refractivity contribution in [2.75, 3.05) is 11.9 Å². The van der Waals surface area contributed by atoms with Crippen LogP contribution in [0.3, 0.4) is 0 Å². The molecule has 8 heteroatoms. The summed E-state index contributed by atoms with van der Waals surface area (Å²) in [5, 5.41) is 8.27. The molecule has 0 unspecified atom stereocenters. The van der Waals surface area contributed by atoms with Crippen LogP contribution in [-0.4, -0.2) is 24.9 Å². The standard InChI is InChI=1S/C12H16N4O2S2/c1-8-7-11(16-9(2)15-8)14-6-5-10-3-4-12(19-10)20(13,17)18/h3-4,7H,5-6H2,1-2H3,(H2,13,17,18)(H,14,15,16). The summed E-state index contributed by atoms with van der Waals surface area (Å²) in [6, 6.07) is 5.19. The van der Waals surface area contributed by atoms with Crippen LogP contribution in [0.2, 0.25) is 0 Å². The van der Waals surface area contributed by atoms with Gasteiger partial charge in [-0.1, -0.05) is 0 Å². The van der Waals surface area contributed by atoms with Gasteiger partial charge in [-0.2, -0.15) is 0 Å². The normalized spacial score (nSPS) is 11.6. The number of aromatic nitrogens is 2. The number of thiophene rings is 1. The average Bonchev–Trinajstić information content (AvgIpc) is 2.76. The van der Waals surface area contributed by atoms with Gasteiger partial charge in [-0.05, 0) is 32.4 Å². The molecular formula is C12H16N4O2S2. The van der Waals surface area contributed by atoms with Crippen molar-refractivity contribution >= 4 is 27.2 Å². The van der Waals surface area contributed by atoms with E-state index < -0.39 is 10.0 Å². The van der Waals surface area contributed by atoms with Crippen LogP contribution in [0.15, 0.2) is 22.4 Å². The third-order valence-electron chi connectivity index (χ3n) is 2.56. The number of nitrogens with zero attached hydrogens (tertiary/aromatic N) is 2. The van der Waals surface area contributed by atoms with Crippen LogP contribution < -0.4 is 10.5 Å². The quantitative estimate of drug-likeness (QED) is 0.871. The monoisotopic (exact) mass is 312 g/mol. The van der Waals surface area contributed by atoms with Gasteiger partial charge in [0, 0.05) is 23.2 Å². The molecule has 3 N–H and O–H groups in total. The topological polar surface area (TPSA) is 98.0 Å². The van der Waals surface area contributed by atoms with Crippen LogP contribution in [-0.2, 0) is 16.4 Å². The Labute approximate surface area is 122 Å². The molecule has 2 heterocycles. The molecule has 0 spiro atoms. The third-order valence-corrected chi connectivity index (χ3v) is 5.14. The van der Waals surface area contributed by atoms with Crippen molar-refractivity contribution in [1.82, 2.24) is 9.97 Å². The van der Waals surface area contributed by atoms with Crippen molar-refractivity contribution in [3.8, 4) is 0 Å². The largest absolute Gasteiger partial charge is 0.370 e. The van der Waals surface area contributed by atoms with E-state index in [1.54, 1.807) is 6.07 Å². The molecule has 2 aromatic rings. The van der Waals surface area contributed by atoms with Gasteiger partial charge in [-0.3, -0.25) is 0 Å². The summed E-state index contributed by atoms with van der Waals surface area (Å²) in [5.41, 5.74) is 0.910. The Kier molecular flexibility index (Phi) is 4.36. The Bertz CT molecular complexity index is 690. The molecule has 0 aliphatic rings. The molecule has 0 fully saturated rings. The van der Waals surface area contributed by atoms with E-state index in [0.717, 1.165) is 22.2 Å². The van der Waals surface area contributed by atoms with E-state index in [2.05, 4.69) is 15.3 Å². The zero-order valence-corrected chi connectivity index (χ0v) is 12.9. The first-order chi connectivity index (χ1) is 9.34. The summed E-state index contributed by atoms with van der Waals surface area (Å²) in [5.74, 6) is 1.50. The molecule has 0 radical (unpaired) electrons. The number of sulfonamides is 1. The van der Waals surface area contributed by atoms with E-state index >= 15 is 0 Å². The molecule has 0 bridgehead atoms. The number of aryl methyl sites for hydroxylation is 2. The second-order valence-electron chi connectivity index (χ2n) is 4.38. The fourth-order valence-corrected chi connectivity index (χ4v) is 3.54. The van der Waals surface area contributed by atoms with Crippen LogP contribution in [0.4, 0.5) is 5.82 Å². The first-order valence-electron chi connectivity index (χ1n) is 6.02. The summed E-state index contributed by atoms with van der Waals surface area (Å²) in [7, 11) is -3.59. The molecule has 0 aliphatic heterocycles. The van der Waals surface area contributed by atoms with Crippen molar-refractivity contribution < 1.29 is 8.42 Å². The highest BCUT2D eigenvalue weighted by atomic mass is 32.2. The van der Waals surface area contributed by atoms with E-state index in [4.69, 9.17) is 5.14 Å². The van der Waals surface area contributed by atoms with Gasteiger partial charge in [0.1, 0.15) is 15.9 Å². The maximum Gasteiger partial charge on any atom is 0.247 e. The van der Waals surface area contributed by atoms with E-state index in [1.807, 2.05) is 19.9 Å². The molecule has 0 saturated carbocycles. The molecule has 2 aromatic heterocycles. The van der Waals surface area contributed by atoms with Gasteiger partial charge < -0.3 is 5.32 Å². The van der Waals surface area contributed by atoms with E-state index in [-0.39, 0.29) is 4.21 Å². The second kappa shape index (κ2) is 5.86. The lowest BCUT2D eigenvalue weighted by Gasteiger charge is -2.06. The molecule has 0 saturated heterocycles. The summed E-state index contributed by atoms with van der Waals surface area (Å²) >= 11 is 1.20.